The molecule has 0 fully saturated rings. The van der Waals surface area contributed by atoms with Crippen LogP contribution < -0.4 is 10.6 Å². The maximum Gasteiger partial charge on any atom is 0.359 e. The van der Waals surface area contributed by atoms with Crippen LogP contribution in [0.4, 0.5) is 11.4 Å². The van der Waals surface area contributed by atoms with Gasteiger partial charge in [0.1, 0.15) is 5.02 Å². The first kappa shape index (κ1) is 18.8. The predicted molar refractivity (Wildman–Crippen MR) is 101 cm³/mol. The Hall–Kier alpha value is -2.02. The van der Waals surface area contributed by atoms with Crippen molar-refractivity contribution >= 4 is 58.1 Å². The van der Waals surface area contributed by atoms with Crippen molar-refractivity contribution in [3.8, 4) is 0 Å². The number of esters is 1. The molecule has 0 aliphatic carbocycles. The summed E-state index contributed by atoms with van der Waals surface area (Å²) in [6.07, 6.45) is 0.743. The van der Waals surface area contributed by atoms with Crippen molar-refractivity contribution < 1.29 is 14.3 Å². The van der Waals surface area contributed by atoms with Gasteiger partial charge in [-0.2, -0.15) is 0 Å². The molecule has 1 atom stereocenters. The lowest BCUT2D eigenvalue weighted by Crippen LogP contribution is -2.38. The number of hydrogen-bond acceptors (Lipinski definition) is 5. The first-order valence-electron chi connectivity index (χ1n) is 7.68. The predicted octanol–water partition coefficient (Wildman–Crippen LogP) is 3.76. The molecule has 0 saturated heterocycles. The summed E-state index contributed by atoms with van der Waals surface area (Å²) in [4.78, 5) is 30.2. The van der Waals surface area contributed by atoms with Gasteiger partial charge < -0.3 is 15.4 Å². The molecule has 2 heterocycles. The minimum Gasteiger partial charge on any atom is -0.451 e. The Morgan fingerprint density at radius 1 is 1.27 bits per heavy atom. The average molecular weight is 415 g/mol. The molecule has 3 rings (SSSR count). The molecule has 1 aromatic heterocycles. The number of pyridine rings is 1. The number of aromatic nitrogens is 1. The van der Waals surface area contributed by atoms with Gasteiger partial charge in [-0.15, -0.1) is 0 Å². The molecule has 26 heavy (non-hydrogen) atoms. The standard InChI is InChI=1S/C17H14Cl3N3O3/c1-8-6-9-4-2-3-5-10(9)23(8)11(24)7-26-17(25)15-12(18)14(21)13(19)16(20)22-15/h2-5,8H,6-7H2,1H3,(H2,21,22). The average Bonchev–Trinajstić information content (AvgIpc) is 2.96. The van der Waals surface area contributed by atoms with Gasteiger partial charge in [-0.3, -0.25) is 4.79 Å². The molecule has 0 bridgehead atoms. The Bertz CT molecular complexity index is 904. The first-order chi connectivity index (χ1) is 12.3. The lowest BCUT2D eigenvalue weighted by atomic mass is 10.1. The number of carbonyl (C=O) groups is 2. The number of halogens is 3. The molecule has 6 nitrogen and oxygen atoms in total. The molecule has 1 aromatic carbocycles. The maximum absolute atomic E-state index is 12.6. The van der Waals surface area contributed by atoms with Crippen LogP contribution in [-0.4, -0.2) is 29.5 Å². The second kappa shape index (κ2) is 7.31. The van der Waals surface area contributed by atoms with Crippen LogP contribution in [0, 0.1) is 0 Å². The number of fused-ring (bicyclic) bond motifs is 1. The smallest absolute Gasteiger partial charge is 0.359 e. The van der Waals surface area contributed by atoms with E-state index in [0.717, 1.165) is 17.7 Å². The Kier molecular flexibility index (Phi) is 5.27. The van der Waals surface area contributed by atoms with Crippen molar-refractivity contribution in [3.05, 3.63) is 50.7 Å². The quantitative estimate of drug-likeness (QED) is 0.610. The van der Waals surface area contributed by atoms with Crippen LogP contribution >= 0.6 is 34.8 Å². The molecule has 0 spiro atoms. The van der Waals surface area contributed by atoms with E-state index in [0.29, 0.717) is 0 Å². The van der Waals surface area contributed by atoms with Crippen LogP contribution in [0.15, 0.2) is 24.3 Å². The summed E-state index contributed by atoms with van der Waals surface area (Å²) in [6.45, 7) is 1.47. The van der Waals surface area contributed by atoms with E-state index >= 15 is 0 Å². The Morgan fingerprint density at radius 3 is 2.69 bits per heavy atom. The molecular weight excluding hydrogens is 401 g/mol. The summed E-state index contributed by atoms with van der Waals surface area (Å²) in [7, 11) is 0. The number of para-hydroxylation sites is 1. The van der Waals surface area contributed by atoms with Crippen molar-refractivity contribution in [1.82, 2.24) is 4.98 Å². The highest BCUT2D eigenvalue weighted by Crippen LogP contribution is 2.35. The van der Waals surface area contributed by atoms with Crippen LogP contribution in [0.1, 0.15) is 23.0 Å². The molecular formula is C17H14Cl3N3O3. The molecule has 136 valence electrons. The van der Waals surface area contributed by atoms with Gasteiger partial charge in [-0.05, 0) is 25.0 Å². The van der Waals surface area contributed by atoms with Crippen LogP contribution in [0.5, 0.6) is 0 Å². The van der Waals surface area contributed by atoms with Gasteiger partial charge in [-0.1, -0.05) is 53.0 Å². The molecule has 0 saturated carbocycles. The Balaban J connectivity index is 1.74. The van der Waals surface area contributed by atoms with E-state index in [1.54, 1.807) is 4.90 Å². The zero-order chi connectivity index (χ0) is 19.0. The van der Waals surface area contributed by atoms with Crippen molar-refractivity contribution in [2.75, 3.05) is 17.2 Å². The lowest BCUT2D eigenvalue weighted by molar-refractivity contribution is -0.122. The van der Waals surface area contributed by atoms with Gasteiger partial charge >= 0.3 is 5.97 Å². The number of nitrogens with two attached hydrogens (primary N) is 1. The summed E-state index contributed by atoms with van der Waals surface area (Å²) in [5.74, 6) is -1.26. The molecule has 2 N–H and O–H groups in total. The number of rotatable bonds is 3. The van der Waals surface area contributed by atoms with E-state index in [4.69, 9.17) is 45.3 Å². The number of amides is 1. The molecule has 1 amide bonds. The monoisotopic (exact) mass is 413 g/mol. The van der Waals surface area contributed by atoms with E-state index in [2.05, 4.69) is 4.98 Å². The van der Waals surface area contributed by atoms with Gasteiger partial charge in [0, 0.05) is 11.7 Å². The minimum atomic E-state index is -0.909. The summed E-state index contributed by atoms with van der Waals surface area (Å²) in [5, 5.41) is -0.391. The second-order valence-corrected chi connectivity index (χ2v) is 6.93. The molecule has 0 radical (unpaired) electrons. The van der Waals surface area contributed by atoms with Crippen LogP contribution in [0.2, 0.25) is 15.2 Å². The molecule has 1 unspecified atom stereocenters. The van der Waals surface area contributed by atoms with Crippen LogP contribution in [0.25, 0.3) is 0 Å². The molecule has 2 aromatic rings. The third-order valence-electron chi connectivity index (χ3n) is 4.07. The number of nitrogen functional groups attached to an aromatic ring is 1. The van der Waals surface area contributed by atoms with E-state index in [1.165, 1.54) is 0 Å². The fraction of sp³-hybridized carbons (Fsp3) is 0.235. The third-order valence-corrected chi connectivity index (χ3v) is 5.20. The van der Waals surface area contributed by atoms with Crippen LogP contribution in [-0.2, 0) is 16.0 Å². The largest absolute Gasteiger partial charge is 0.451 e. The number of nitrogens with zero attached hydrogens (tertiary/aromatic N) is 2. The zero-order valence-electron chi connectivity index (χ0n) is 13.6. The number of anilines is 2. The molecule has 1 aliphatic rings. The van der Waals surface area contributed by atoms with Crippen molar-refractivity contribution in [1.29, 1.82) is 0 Å². The van der Waals surface area contributed by atoms with Gasteiger partial charge in [0.15, 0.2) is 17.5 Å². The van der Waals surface area contributed by atoms with Gasteiger partial charge in [0.05, 0.1) is 10.7 Å². The van der Waals surface area contributed by atoms with E-state index < -0.39 is 12.6 Å². The highest BCUT2D eigenvalue weighted by Gasteiger charge is 2.31. The number of hydrogen-bond donors (Lipinski definition) is 1. The topological polar surface area (TPSA) is 85.5 Å². The minimum absolute atomic E-state index is 0.0269. The molecule has 1 aliphatic heterocycles. The van der Waals surface area contributed by atoms with Crippen molar-refractivity contribution in [2.45, 2.75) is 19.4 Å². The fourth-order valence-corrected chi connectivity index (χ4v) is 3.46. The summed E-state index contributed by atoms with van der Waals surface area (Å²) >= 11 is 17.6. The van der Waals surface area contributed by atoms with E-state index in [-0.39, 0.29) is 38.5 Å². The normalized spacial score (nSPS) is 15.7. The fourth-order valence-electron chi connectivity index (χ4n) is 2.88. The zero-order valence-corrected chi connectivity index (χ0v) is 15.9. The van der Waals surface area contributed by atoms with E-state index in [9.17, 15) is 9.59 Å². The number of carbonyl (C=O) groups excluding carboxylic acids is 2. The molecule has 9 heteroatoms. The van der Waals surface area contributed by atoms with Gasteiger partial charge in [0.25, 0.3) is 5.91 Å². The van der Waals surface area contributed by atoms with Crippen LogP contribution in [0.3, 0.4) is 0 Å². The Morgan fingerprint density at radius 2 is 1.96 bits per heavy atom. The highest BCUT2D eigenvalue weighted by atomic mass is 35.5. The number of benzene rings is 1. The SMILES string of the molecule is CC1Cc2ccccc2N1C(=O)COC(=O)c1nc(Cl)c(Cl)c(N)c1Cl. The summed E-state index contributed by atoms with van der Waals surface area (Å²) in [5.41, 5.74) is 7.20. The first-order valence-corrected chi connectivity index (χ1v) is 8.81. The summed E-state index contributed by atoms with van der Waals surface area (Å²) < 4.78 is 5.06. The second-order valence-electron chi connectivity index (χ2n) is 5.81. The van der Waals surface area contributed by atoms with Gasteiger partial charge in [-0.25, -0.2) is 9.78 Å². The lowest BCUT2D eigenvalue weighted by Gasteiger charge is -2.22. The number of ether oxygens (including phenoxy) is 1. The van der Waals surface area contributed by atoms with Crippen molar-refractivity contribution in [3.63, 3.8) is 0 Å². The van der Waals surface area contributed by atoms with E-state index in [1.807, 2.05) is 31.2 Å². The van der Waals surface area contributed by atoms with Crippen molar-refractivity contribution in [2.24, 2.45) is 0 Å². The Labute approximate surface area is 164 Å². The van der Waals surface area contributed by atoms with Gasteiger partial charge in [0.2, 0.25) is 0 Å². The third kappa shape index (κ3) is 3.32. The highest BCUT2D eigenvalue weighted by molar-refractivity contribution is 6.46. The summed E-state index contributed by atoms with van der Waals surface area (Å²) in [6, 6.07) is 7.57. The maximum atomic E-state index is 12.6.